The summed E-state index contributed by atoms with van der Waals surface area (Å²) in [5, 5.41) is 2.60. The van der Waals surface area contributed by atoms with Crippen LogP contribution in [0.3, 0.4) is 0 Å². The number of amides is 4. The molecule has 0 aromatic rings. The summed E-state index contributed by atoms with van der Waals surface area (Å²) < 4.78 is 0. The molecule has 1 aliphatic carbocycles. The summed E-state index contributed by atoms with van der Waals surface area (Å²) in [6.45, 7) is 2.87. The molecule has 0 bridgehead atoms. The van der Waals surface area contributed by atoms with Crippen LogP contribution in [-0.2, 0) is 9.59 Å². The summed E-state index contributed by atoms with van der Waals surface area (Å²) in [7, 11) is 3.28. The Kier molecular flexibility index (Phi) is 4.69. The van der Waals surface area contributed by atoms with Gasteiger partial charge in [-0.3, -0.25) is 9.59 Å². The molecule has 4 amide bonds. The van der Waals surface area contributed by atoms with Crippen LogP contribution in [0.15, 0.2) is 0 Å². The van der Waals surface area contributed by atoms with Crippen molar-refractivity contribution in [3.63, 3.8) is 0 Å². The zero-order chi connectivity index (χ0) is 17.3. The van der Waals surface area contributed by atoms with E-state index in [0.717, 1.165) is 32.4 Å². The van der Waals surface area contributed by atoms with Gasteiger partial charge in [0.05, 0.1) is 12.0 Å². The van der Waals surface area contributed by atoms with Crippen molar-refractivity contribution < 1.29 is 14.4 Å². The predicted molar refractivity (Wildman–Crippen MR) is 89.3 cm³/mol. The van der Waals surface area contributed by atoms with E-state index in [2.05, 4.69) is 5.32 Å². The van der Waals surface area contributed by atoms with Crippen molar-refractivity contribution in [3.8, 4) is 0 Å². The molecule has 7 heteroatoms. The topological polar surface area (TPSA) is 73.0 Å². The maximum atomic E-state index is 12.9. The quantitative estimate of drug-likeness (QED) is 0.813. The average Bonchev–Trinajstić information content (AvgIpc) is 3.27. The predicted octanol–water partition coefficient (Wildman–Crippen LogP) is 0.509. The molecule has 1 atom stereocenters. The average molecular weight is 336 g/mol. The van der Waals surface area contributed by atoms with Crippen LogP contribution in [0.25, 0.3) is 0 Å². The second kappa shape index (κ2) is 6.61. The van der Waals surface area contributed by atoms with E-state index in [4.69, 9.17) is 0 Å². The van der Waals surface area contributed by atoms with Crippen LogP contribution in [0.5, 0.6) is 0 Å². The summed E-state index contributed by atoms with van der Waals surface area (Å²) in [5.41, 5.74) is -0.381. The van der Waals surface area contributed by atoms with Crippen LogP contribution in [0.2, 0.25) is 0 Å². The first-order chi connectivity index (χ1) is 11.4. The van der Waals surface area contributed by atoms with Crippen LogP contribution in [0, 0.1) is 11.3 Å². The third-order valence-electron chi connectivity index (χ3n) is 5.50. The first kappa shape index (κ1) is 17.0. The molecule has 2 saturated heterocycles. The molecule has 1 spiro atoms. The normalized spacial score (nSPS) is 26.8. The Morgan fingerprint density at radius 3 is 2.67 bits per heavy atom. The molecular weight excluding hydrogens is 308 g/mol. The smallest absolute Gasteiger partial charge is 0.317 e. The molecule has 3 aliphatic rings. The van der Waals surface area contributed by atoms with Crippen molar-refractivity contribution in [1.82, 2.24) is 20.0 Å². The van der Waals surface area contributed by atoms with Crippen molar-refractivity contribution in [2.45, 2.75) is 32.1 Å². The van der Waals surface area contributed by atoms with Crippen LogP contribution < -0.4 is 5.32 Å². The molecule has 2 aliphatic heterocycles. The Hall–Kier alpha value is -1.79. The highest BCUT2D eigenvalue weighted by Gasteiger charge is 2.49. The molecule has 1 saturated carbocycles. The van der Waals surface area contributed by atoms with E-state index in [0.29, 0.717) is 19.0 Å². The minimum atomic E-state index is -0.381. The van der Waals surface area contributed by atoms with Crippen LogP contribution in [0.1, 0.15) is 32.1 Å². The van der Waals surface area contributed by atoms with E-state index in [-0.39, 0.29) is 29.8 Å². The van der Waals surface area contributed by atoms with Gasteiger partial charge in [0, 0.05) is 40.3 Å². The standard InChI is InChI=1S/C17H28N4O3/c1-19(2)16(24)18-10-14(22)21-9-7-17(12-21)6-3-8-20(15(17)23)11-13-4-5-13/h13H,3-12H2,1-2H3,(H,18,24). The van der Waals surface area contributed by atoms with Gasteiger partial charge in [0.1, 0.15) is 0 Å². The number of rotatable bonds is 4. The van der Waals surface area contributed by atoms with E-state index in [1.807, 2.05) is 4.90 Å². The van der Waals surface area contributed by atoms with E-state index < -0.39 is 0 Å². The third-order valence-corrected chi connectivity index (χ3v) is 5.50. The van der Waals surface area contributed by atoms with Crippen molar-refractivity contribution in [3.05, 3.63) is 0 Å². The van der Waals surface area contributed by atoms with E-state index >= 15 is 0 Å². The highest BCUT2D eigenvalue weighted by molar-refractivity contribution is 5.87. The number of hydrogen-bond acceptors (Lipinski definition) is 3. The molecule has 1 N–H and O–H groups in total. The number of hydrogen-bond donors (Lipinski definition) is 1. The van der Waals surface area contributed by atoms with Gasteiger partial charge in [0.15, 0.2) is 0 Å². The molecule has 7 nitrogen and oxygen atoms in total. The lowest BCUT2D eigenvalue weighted by molar-refractivity contribution is -0.146. The fourth-order valence-electron chi connectivity index (χ4n) is 3.82. The summed E-state index contributed by atoms with van der Waals surface area (Å²) >= 11 is 0. The van der Waals surface area contributed by atoms with Gasteiger partial charge in [-0.2, -0.15) is 0 Å². The lowest BCUT2D eigenvalue weighted by Crippen LogP contribution is -2.51. The fraction of sp³-hybridized carbons (Fsp3) is 0.824. The summed E-state index contributed by atoms with van der Waals surface area (Å²) in [5.74, 6) is 0.840. The molecular formula is C17H28N4O3. The van der Waals surface area contributed by atoms with E-state index in [9.17, 15) is 14.4 Å². The second-order valence-corrected chi connectivity index (χ2v) is 7.70. The van der Waals surface area contributed by atoms with E-state index in [1.54, 1.807) is 19.0 Å². The Balaban J connectivity index is 1.55. The maximum Gasteiger partial charge on any atom is 0.317 e. The van der Waals surface area contributed by atoms with Crippen LogP contribution >= 0.6 is 0 Å². The zero-order valence-corrected chi connectivity index (χ0v) is 14.7. The monoisotopic (exact) mass is 336 g/mol. The first-order valence-electron chi connectivity index (χ1n) is 8.94. The molecule has 2 heterocycles. The summed E-state index contributed by atoms with van der Waals surface area (Å²) in [6, 6.07) is -0.276. The van der Waals surface area contributed by atoms with Crippen molar-refractivity contribution in [2.24, 2.45) is 11.3 Å². The Bertz CT molecular complexity index is 532. The minimum Gasteiger partial charge on any atom is -0.342 e. The van der Waals surface area contributed by atoms with Crippen molar-refractivity contribution in [2.75, 3.05) is 46.8 Å². The molecule has 0 aromatic carbocycles. The Morgan fingerprint density at radius 2 is 2.00 bits per heavy atom. The van der Waals surface area contributed by atoms with Gasteiger partial charge < -0.3 is 20.0 Å². The number of piperidine rings is 1. The van der Waals surface area contributed by atoms with Gasteiger partial charge in [0.25, 0.3) is 0 Å². The lowest BCUT2D eigenvalue weighted by atomic mass is 9.78. The molecule has 0 aromatic heterocycles. The van der Waals surface area contributed by atoms with Crippen molar-refractivity contribution >= 4 is 17.8 Å². The minimum absolute atomic E-state index is 0.00687. The molecule has 1 unspecified atom stereocenters. The lowest BCUT2D eigenvalue weighted by Gasteiger charge is -2.39. The van der Waals surface area contributed by atoms with Gasteiger partial charge in [-0.05, 0) is 38.0 Å². The van der Waals surface area contributed by atoms with Gasteiger partial charge in [-0.25, -0.2) is 4.79 Å². The summed E-state index contributed by atoms with van der Waals surface area (Å²) in [4.78, 5) is 42.0. The first-order valence-corrected chi connectivity index (χ1v) is 8.94. The molecule has 134 valence electrons. The number of likely N-dealkylation sites (tertiary alicyclic amines) is 2. The second-order valence-electron chi connectivity index (χ2n) is 7.70. The molecule has 0 radical (unpaired) electrons. The van der Waals surface area contributed by atoms with Gasteiger partial charge in [-0.15, -0.1) is 0 Å². The third kappa shape index (κ3) is 3.49. The maximum absolute atomic E-state index is 12.9. The van der Waals surface area contributed by atoms with Gasteiger partial charge >= 0.3 is 6.03 Å². The van der Waals surface area contributed by atoms with Gasteiger partial charge in [-0.1, -0.05) is 0 Å². The fourth-order valence-corrected chi connectivity index (χ4v) is 3.82. The number of nitrogens with zero attached hydrogens (tertiary/aromatic N) is 3. The largest absolute Gasteiger partial charge is 0.342 e. The Morgan fingerprint density at radius 1 is 1.25 bits per heavy atom. The van der Waals surface area contributed by atoms with Crippen LogP contribution in [-0.4, -0.2) is 79.4 Å². The van der Waals surface area contributed by atoms with Crippen LogP contribution in [0.4, 0.5) is 4.79 Å². The number of carbonyl (C=O) groups is 3. The van der Waals surface area contributed by atoms with E-state index in [1.165, 1.54) is 17.7 Å². The number of nitrogens with one attached hydrogen (secondary N) is 1. The highest BCUT2D eigenvalue weighted by Crippen LogP contribution is 2.41. The summed E-state index contributed by atoms with van der Waals surface area (Å²) in [6.07, 6.45) is 5.14. The SMILES string of the molecule is CN(C)C(=O)NCC(=O)N1CCC2(CCCN(CC3CC3)C2=O)C1. The number of urea groups is 1. The highest BCUT2D eigenvalue weighted by atomic mass is 16.2. The zero-order valence-electron chi connectivity index (χ0n) is 14.7. The number of carbonyl (C=O) groups excluding carboxylic acids is 3. The molecule has 3 fully saturated rings. The van der Waals surface area contributed by atoms with Crippen molar-refractivity contribution in [1.29, 1.82) is 0 Å². The molecule has 24 heavy (non-hydrogen) atoms. The Labute approximate surface area is 143 Å². The molecule has 3 rings (SSSR count). The van der Waals surface area contributed by atoms with Gasteiger partial charge in [0.2, 0.25) is 11.8 Å².